The van der Waals surface area contributed by atoms with Crippen molar-refractivity contribution in [1.29, 1.82) is 0 Å². The van der Waals surface area contributed by atoms with Gasteiger partial charge >= 0.3 is 0 Å². The van der Waals surface area contributed by atoms with Crippen molar-refractivity contribution in [2.75, 3.05) is 23.4 Å². The van der Waals surface area contributed by atoms with Gasteiger partial charge in [-0.25, -0.2) is 0 Å². The summed E-state index contributed by atoms with van der Waals surface area (Å²) in [6.45, 7) is 6.19. The Morgan fingerprint density at radius 1 is 1.11 bits per heavy atom. The average molecular weight is 396 g/mol. The maximum Gasteiger partial charge on any atom is 0.292 e. The van der Waals surface area contributed by atoms with Crippen molar-refractivity contribution in [3.63, 3.8) is 0 Å². The molecule has 0 saturated carbocycles. The molecule has 7 heteroatoms. The number of anilines is 2. The monoisotopic (exact) mass is 395 g/mol. The molecular weight excluding hydrogens is 374 g/mol. The Kier molecular flexibility index (Phi) is 6.45. The molecule has 0 atom stereocenters. The minimum absolute atomic E-state index is 0.0351. The number of hydrogen-bond donors (Lipinski definition) is 1. The maximum atomic E-state index is 12.5. The molecule has 144 valence electrons. The smallest absolute Gasteiger partial charge is 0.292 e. The van der Waals surface area contributed by atoms with Gasteiger partial charge in [0.2, 0.25) is 0 Å². The third-order valence-corrected chi connectivity index (χ3v) is 4.71. The molecule has 1 N–H and O–H groups in total. The number of hydrazone groups is 1. The number of nitrogens with zero attached hydrogens (tertiary/aromatic N) is 4. The van der Waals surface area contributed by atoms with Crippen molar-refractivity contribution in [2.24, 2.45) is 5.10 Å². The summed E-state index contributed by atoms with van der Waals surface area (Å²) in [5, 5.41) is 8.37. The van der Waals surface area contributed by atoms with Crippen LogP contribution in [0.25, 0.3) is 5.69 Å². The normalized spacial score (nSPS) is 11.0. The van der Waals surface area contributed by atoms with Crippen molar-refractivity contribution in [2.45, 2.75) is 13.8 Å². The van der Waals surface area contributed by atoms with Crippen LogP contribution in [0.3, 0.4) is 0 Å². The van der Waals surface area contributed by atoms with Crippen molar-refractivity contribution >= 4 is 29.2 Å². The number of benzene rings is 2. The van der Waals surface area contributed by atoms with Crippen LogP contribution >= 0.6 is 11.6 Å². The first kappa shape index (κ1) is 19.6. The van der Waals surface area contributed by atoms with E-state index in [1.807, 2.05) is 30.3 Å². The van der Waals surface area contributed by atoms with Crippen LogP contribution in [0.1, 0.15) is 19.4 Å². The molecule has 0 aliphatic carbocycles. The number of nitrogens with one attached hydrogen (secondary N) is 1. The summed E-state index contributed by atoms with van der Waals surface area (Å²) in [5.74, 6) is 0. The van der Waals surface area contributed by atoms with E-state index in [1.165, 1.54) is 16.6 Å². The van der Waals surface area contributed by atoms with Gasteiger partial charge in [-0.1, -0.05) is 41.9 Å². The van der Waals surface area contributed by atoms with Crippen molar-refractivity contribution < 1.29 is 0 Å². The fourth-order valence-electron chi connectivity index (χ4n) is 2.80. The summed E-state index contributed by atoms with van der Waals surface area (Å²) < 4.78 is 1.25. The molecular formula is C21H22ClN5O. The fraction of sp³-hybridized carbons (Fsp3) is 0.190. The molecule has 3 rings (SSSR count). The molecule has 6 nitrogen and oxygen atoms in total. The van der Waals surface area contributed by atoms with E-state index in [-0.39, 0.29) is 5.02 Å². The van der Waals surface area contributed by atoms with Gasteiger partial charge in [0.1, 0.15) is 10.7 Å². The van der Waals surface area contributed by atoms with E-state index in [0.717, 1.165) is 18.7 Å². The Balaban J connectivity index is 1.72. The molecule has 0 aliphatic heterocycles. The first-order valence-corrected chi connectivity index (χ1v) is 9.49. The molecule has 1 heterocycles. The average Bonchev–Trinajstić information content (AvgIpc) is 2.74. The second kappa shape index (κ2) is 9.19. The van der Waals surface area contributed by atoms with E-state index in [2.05, 4.69) is 46.5 Å². The van der Waals surface area contributed by atoms with Crippen LogP contribution in [-0.4, -0.2) is 29.1 Å². The molecule has 0 unspecified atom stereocenters. The SMILES string of the molecule is CCN(CC)c1ccc(/C=N\Nc2cnn(-c3ccccc3)c(=O)c2Cl)cc1. The lowest BCUT2D eigenvalue weighted by Gasteiger charge is -2.20. The summed E-state index contributed by atoms with van der Waals surface area (Å²) in [6, 6.07) is 17.2. The van der Waals surface area contributed by atoms with Crippen LogP contribution in [0, 0.1) is 0 Å². The lowest BCUT2D eigenvalue weighted by atomic mass is 10.2. The third-order valence-electron chi connectivity index (χ3n) is 4.34. The number of aromatic nitrogens is 2. The molecule has 0 radical (unpaired) electrons. The summed E-state index contributed by atoms with van der Waals surface area (Å²) in [4.78, 5) is 14.7. The number of hydrogen-bond acceptors (Lipinski definition) is 5. The van der Waals surface area contributed by atoms with E-state index in [9.17, 15) is 4.79 Å². The highest BCUT2D eigenvalue weighted by molar-refractivity contribution is 6.32. The minimum Gasteiger partial charge on any atom is -0.372 e. The van der Waals surface area contributed by atoms with Crippen LogP contribution in [0.2, 0.25) is 5.02 Å². The number of halogens is 1. The van der Waals surface area contributed by atoms with Crippen LogP contribution in [0.5, 0.6) is 0 Å². The third kappa shape index (κ3) is 4.40. The van der Waals surface area contributed by atoms with Crippen molar-refractivity contribution in [3.8, 4) is 5.69 Å². The molecule has 0 aliphatic rings. The summed E-state index contributed by atoms with van der Waals surface area (Å²) in [6.07, 6.45) is 3.16. The molecule has 0 saturated heterocycles. The van der Waals surface area contributed by atoms with E-state index >= 15 is 0 Å². The Bertz CT molecular complexity index is 996. The standard InChI is InChI=1S/C21H22ClN5O/c1-3-26(4-2)17-12-10-16(11-13-17)14-23-25-19-15-24-27(21(28)20(19)22)18-8-6-5-7-9-18/h5-15,25H,3-4H2,1-2H3/b23-14-. The zero-order chi connectivity index (χ0) is 19.9. The van der Waals surface area contributed by atoms with Crippen LogP contribution < -0.4 is 15.9 Å². The van der Waals surface area contributed by atoms with Crippen LogP contribution in [0.15, 0.2) is 70.7 Å². The van der Waals surface area contributed by atoms with Crippen LogP contribution in [-0.2, 0) is 0 Å². The second-order valence-corrected chi connectivity index (χ2v) is 6.44. The predicted octanol–water partition coefficient (Wildman–Crippen LogP) is 4.18. The minimum atomic E-state index is -0.406. The van der Waals surface area contributed by atoms with E-state index < -0.39 is 5.56 Å². The first-order chi connectivity index (χ1) is 13.6. The highest BCUT2D eigenvalue weighted by Gasteiger charge is 2.10. The van der Waals surface area contributed by atoms with E-state index in [4.69, 9.17) is 11.6 Å². The lowest BCUT2D eigenvalue weighted by molar-refractivity contribution is 0.808. The van der Waals surface area contributed by atoms with Gasteiger partial charge in [0.25, 0.3) is 5.56 Å². The second-order valence-electron chi connectivity index (χ2n) is 6.06. The molecule has 0 fully saturated rings. The molecule has 0 amide bonds. The van der Waals surface area contributed by atoms with E-state index in [1.54, 1.807) is 18.3 Å². The van der Waals surface area contributed by atoms with Gasteiger partial charge in [-0.2, -0.15) is 14.9 Å². The highest BCUT2D eigenvalue weighted by Crippen LogP contribution is 2.17. The number of rotatable bonds is 7. The Labute approximate surface area is 169 Å². The van der Waals surface area contributed by atoms with Crippen LogP contribution in [0.4, 0.5) is 11.4 Å². The Hall–Kier alpha value is -3.12. The van der Waals surface area contributed by atoms with Gasteiger partial charge in [-0.15, -0.1) is 0 Å². The summed E-state index contributed by atoms with van der Waals surface area (Å²) >= 11 is 6.20. The molecule has 0 spiro atoms. The highest BCUT2D eigenvalue weighted by atomic mass is 35.5. The van der Waals surface area contributed by atoms with Gasteiger partial charge in [-0.3, -0.25) is 10.2 Å². The zero-order valence-electron chi connectivity index (χ0n) is 15.8. The lowest BCUT2D eigenvalue weighted by Crippen LogP contribution is -2.22. The molecule has 3 aromatic rings. The summed E-state index contributed by atoms with van der Waals surface area (Å²) in [5.41, 5.74) is 5.50. The van der Waals surface area contributed by atoms with Gasteiger partial charge in [0.15, 0.2) is 0 Å². The Morgan fingerprint density at radius 2 is 1.79 bits per heavy atom. The topological polar surface area (TPSA) is 62.5 Å². The van der Waals surface area contributed by atoms with Gasteiger partial charge in [0, 0.05) is 18.8 Å². The fourth-order valence-corrected chi connectivity index (χ4v) is 2.97. The zero-order valence-corrected chi connectivity index (χ0v) is 16.6. The van der Waals surface area contributed by atoms with Gasteiger partial charge in [0.05, 0.1) is 18.1 Å². The van der Waals surface area contributed by atoms with Crippen molar-refractivity contribution in [1.82, 2.24) is 9.78 Å². The molecule has 1 aromatic heterocycles. The first-order valence-electron chi connectivity index (χ1n) is 9.11. The van der Waals surface area contributed by atoms with Gasteiger partial charge < -0.3 is 4.90 Å². The van der Waals surface area contributed by atoms with Gasteiger partial charge in [-0.05, 0) is 43.7 Å². The predicted molar refractivity (Wildman–Crippen MR) is 116 cm³/mol. The maximum absolute atomic E-state index is 12.5. The molecule has 0 bridgehead atoms. The molecule has 28 heavy (non-hydrogen) atoms. The Morgan fingerprint density at radius 3 is 2.43 bits per heavy atom. The number of para-hydroxylation sites is 1. The quantitative estimate of drug-likeness (QED) is 0.481. The molecule has 2 aromatic carbocycles. The van der Waals surface area contributed by atoms with Crippen molar-refractivity contribution in [3.05, 3.63) is 81.7 Å². The summed E-state index contributed by atoms with van der Waals surface area (Å²) in [7, 11) is 0. The largest absolute Gasteiger partial charge is 0.372 e. The van der Waals surface area contributed by atoms with E-state index in [0.29, 0.717) is 11.4 Å².